The van der Waals surface area contributed by atoms with Crippen LogP contribution in [0.5, 0.6) is 0 Å². The van der Waals surface area contributed by atoms with Crippen molar-refractivity contribution in [3.05, 3.63) is 84.9 Å². The van der Waals surface area contributed by atoms with Crippen molar-refractivity contribution < 1.29 is 4.79 Å². The molecule has 0 saturated heterocycles. The van der Waals surface area contributed by atoms with Crippen LogP contribution in [0.2, 0.25) is 0 Å². The van der Waals surface area contributed by atoms with Crippen molar-refractivity contribution in [3.8, 4) is 11.1 Å². The summed E-state index contributed by atoms with van der Waals surface area (Å²) in [6.07, 6.45) is 0.750. The SMILES string of the molecule is N=C=O.c1ccc(Sc2ccccc2-c2ccccc2)cc1. The smallest absolute Gasteiger partial charge is 0.222 e. The van der Waals surface area contributed by atoms with Gasteiger partial charge in [-0.1, -0.05) is 78.5 Å². The van der Waals surface area contributed by atoms with Crippen LogP contribution in [-0.2, 0) is 4.79 Å². The van der Waals surface area contributed by atoms with Gasteiger partial charge in [-0.3, -0.25) is 0 Å². The van der Waals surface area contributed by atoms with E-state index in [2.05, 4.69) is 78.9 Å². The normalized spacial score (nSPS) is 9.27. The Morgan fingerprint density at radius 3 is 1.86 bits per heavy atom. The van der Waals surface area contributed by atoms with Gasteiger partial charge in [0, 0.05) is 9.79 Å². The second kappa shape index (κ2) is 8.63. The lowest BCUT2D eigenvalue weighted by Crippen LogP contribution is -1.81. The molecule has 3 aromatic rings. The molecule has 0 saturated carbocycles. The predicted octanol–water partition coefficient (Wildman–Crippen LogP) is 5.41. The fraction of sp³-hybridized carbons (Fsp3) is 0. The Bertz CT molecular complexity index is 736. The third kappa shape index (κ3) is 4.45. The topological polar surface area (TPSA) is 40.9 Å². The van der Waals surface area contributed by atoms with E-state index in [0.717, 1.165) is 6.08 Å². The van der Waals surface area contributed by atoms with E-state index in [1.54, 1.807) is 0 Å². The van der Waals surface area contributed by atoms with Crippen LogP contribution in [0.4, 0.5) is 0 Å². The van der Waals surface area contributed by atoms with Gasteiger partial charge in [-0.15, -0.1) is 0 Å². The molecule has 0 aromatic heterocycles. The van der Waals surface area contributed by atoms with Crippen LogP contribution in [0.25, 0.3) is 11.1 Å². The molecule has 3 rings (SSSR count). The molecule has 0 aliphatic heterocycles. The van der Waals surface area contributed by atoms with Crippen LogP contribution in [0.3, 0.4) is 0 Å². The van der Waals surface area contributed by atoms with Crippen LogP contribution in [0.1, 0.15) is 0 Å². The Balaban J connectivity index is 0.000000545. The van der Waals surface area contributed by atoms with Gasteiger partial charge >= 0.3 is 0 Å². The van der Waals surface area contributed by atoms with Gasteiger partial charge in [-0.05, 0) is 29.3 Å². The van der Waals surface area contributed by atoms with Gasteiger partial charge in [0.25, 0.3) is 0 Å². The molecule has 2 nitrogen and oxygen atoms in total. The molecule has 0 aliphatic carbocycles. The third-order valence-electron chi connectivity index (χ3n) is 2.94. The lowest BCUT2D eigenvalue weighted by Gasteiger charge is -2.09. The lowest BCUT2D eigenvalue weighted by molar-refractivity contribution is 0.563. The van der Waals surface area contributed by atoms with Crippen molar-refractivity contribution in [1.82, 2.24) is 0 Å². The maximum absolute atomic E-state index is 8.35. The molecule has 0 aliphatic rings. The molecular weight excluding hydrogens is 290 g/mol. The summed E-state index contributed by atoms with van der Waals surface area (Å²) in [5, 5.41) is 5.40. The van der Waals surface area contributed by atoms with Gasteiger partial charge in [0.15, 0.2) is 0 Å². The Hall–Kier alpha value is -2.61. The molecule has 0 amide bonds. The predicted molar refractivity (Wildman–Crippen MR) is 90.9 cm³/mol. The van der Waals surface area contributed by atoms with Crippen molar-refractivity contribution in [3.63, 3.8) is 0 Å². The van der Waals surface area contributed by atoms with Crippen LogP contribution < -0.4 is 0 Å². The van der Waals surface area contributed by atoms with E-state index in [1.165, 1.54) is 20.9 Å². The molecule has 0 spiro atoms. The zero-order chi connectivity index (χ0) is 15.6. The van der Waals surface area contributed by atoms with E-state index < -0.39 is 0 Å². The van der Waals surface area contributed by atoms with E-state index >= 15 is 0 Å². The van der Waals surface area contributed by atoms with E-state index in [4.69, 9.17) is 10.2 Å². The molecule has 3 heteroatoms. The third-order valence-corrected chi connectivity index (χ3v) is 4.03. The second-order valence-corrected chi connectivity index (χ2v) is 5.49. The Morgan fingerprint density at radius 2 is 1.23 bits per heavy atom. The molecule has 108 valence electrons. The summed E-state index contributed by atoms with van der Waals surface area (Å²) in [7, 11) is 0. The van der Waals surface area contributed by atoms with Crippen molar-refractivity contribution in [2.75, 3.05) is 0 Å². The Morgan fingerprint density at radius 1 is 0.727 bits per heavy atom. The fourth-order valence-corrected chi connectivity index (χ4v) is 3.02. The first-order chi connectivity index (χ1) is 10.8. The van der Waals surface area contributed by atoms with Crippen molar-refractivity contribution in [2.24, 2.45) is 0 Å². The minimum atomic E-state index is 0.750. The van der Waals surface area contributed by atoms with Crippen LogP contribution in [0, 0.1) is 5.41 Å². The molecule has 0 radical (unpaired) electrons. The van der Waals surface area contributed by atoms with E-state index in [-0.39, 0.29) is 0 Å². The van der Waals surface area contributed by atoms with Crippen molar-refractivity contribution in [2.45, 2.75) is 9.79 Å². The van der Waals surface area contributed by atoms with Gasteiger partial charge in [0.1, 0.15) is 0 Å². The highest BCUT2D eigenvalue weighted by atomic mass is 32.2. The molecule has 22 heavy (non-hydrogen) atoms. The van der Waals surface area contributed by atoms with Gasteiger partial charge in [0.05, 0.1) is 0 Å². The average Bonchev–Trinajstić information content (AvgIpc) is 2.58. The minimum Gasteiger partial charge on any atom is -0.222 e. The largest absolute Gasteiger partial charge is 0.231 e. The molecule has 0 atom stereocenters. The average molecular weight is 305 g/mol. The number of nitrogens with one attached hydrogen (secondary N) is 1. The van der Waals surface area contributed by atoms with Gasteiger partial charge < -0.3 is 0 Å². The van der Waals surface area contributed by atoms with Gasteiger partial charge in [-0.25, -0.2) is 10.2 Å². The van der Waals surface area contributed by atoms with Gasteiger partial charge in [0.2, 0.25) is 6.08 Å². The summed E-state index contributed by atoms with van der Waals surface area (Å²) in [5.41, 5.74) is 2.55. The van der Waals surface area contributed by atoms with Crippen molar-refractivity contribution in [1.29, 1.82) is 5.41 Å². The standard InChI is InChI=1S/C18H14S.CHNO/c1-3-9-15(10-4-1)17-13-7-8-14-18(17)19-16-11-5-2-6-12-16;2-1-3/h1-14H;2H. The second-order valence-electron chi connectivity index (χ2n) is 4.38. The number of benzene rings is 3. The molecule has 3 aromatic carbocycles. The van der Waals surface area contributed by atoms with Crippen LogP contribution in [0.15, 0.2) is 94.7 Å². The Kier molecular flexibility index (Phi) is 6.18. The zero-order valence-corrected chi connectivity index (χ0v) is 12.7. The highest BCUT2D eigenvalue weighted by Crippen LogP contribution is 2.35. The van der Waals surface area contributed by atoms with E-state index in [1.807, 2.05) is 17.8 Å². The first-order valence-electron chi connectivity index (χ1n) is 6.76. The minimum absolute atomic E-state index is 0.750. The maximum atomic E-state index is 8.35. The van der Waals surface area contributed by atoms with E-state index in [9.17, 15) is 0 Å². The molecule has 0 fully saturated rings. The number of hydrogen-bond acceptors (Lipinski definition) is 3. The quantitative estimate of drug-likeness (QED) is 0.519. The zero-order valence-electron chi connectivity index (χ0n) is 11.9. The summed E-state index contributed by atoms with van der Waals surface area (Å²) in [5.74, 6) is 0. The highest BCUT2D eigenvalue weighted by Gasteiger charge is 2.05. The van der Waals surface area contributed by atoms with Gasteiger partial charge in [-0.2, -0.15) is 0 Å². The summed E-state index contributed by atoms with van der Waals surface area (Å²) in [6.45, 7) is 0. The highest BCUT2D eigenvalue weighted by molar-refractivity contribution is 7.99. The van der Waals surface area contributed by atoms with E-state index in [0.29, 0.717) is 0 Å². The molecule has 1 N–H and O–H groups in total. The Labute approximate surface area is 134 Å². The van der Waals surface area contributed by atoms with Crippen molar-refractivity contribution >= 4 is 17.8 Å². The number of isocyanates is 1. The summed E-state index contributed by atoms with van der Waals surface area (Å²) in [4.78, 5) is 10.9. The summed E-state index contributed by atoms with van der Waals surface area (Å²) in [6, 6.07) is 29.6. The number of hydrogen-bond donors (Lipinski definition) is 1. The fourth-order valence-electron chi connectivity index (χ4n) is 2.03. The number of rotatable bonds is 3. The number of carbonyl (C=O) groups excluding carboxylic acids is 1. The summed E-state index contributed by atoms with van der Waals surface area (Å²) < 4.78 is 0. The summed E-state index contributed by atoms with van der Waals surface area (Å²) >= 11 is 1.81. The molecule has 0 heterocycles. The lowest BCUT2D eigenvalue weighted by atomic mass is 10.1. The molecular formula is C19H15NOS. The van der Waals surface area contributed by atoms with Crippen LogP contribution >= 0.6 is 11.8 Å². The molecule has 0 unspecified atom stereocenters. The first kappa shape index (κ1) is 15.8. The molecule has 0 bridgehead atoms. The van der Waals surface area contributed by atoms with Crippen LogP contribution in [-0.4, -0.2) is 6.08 Å². The first-order valence-corrected chi connectivity index (χ1v) is 7.58. The maximum Gasteiger partial charge on any atom is 0.231 e. The monoisotopic (exact) mass is 305 g/mol.